The SMILES string of the molecule is Cc1ccc(C)c(C(C)NC(C)CN2CCCC2=O)c1. The van der Waals surface area contributed by atoms with Gasteiger partial charge in [-0.25, -0.2) is 0 Å². The predicted molar refractivity (Wildman–Crippen MR) is 82.7 cm³/mol. The summed E-state index contributed by atoms with van der Waals surface area (Å²) >= 11 is 0. The van der Waals surface area contributed by atoms with Gasteiger partial charge in [-0.1, -0.05) is 23.8 Å². The number of nitrogens with zero attached hydrogens (tertiary/aromatic N) is 1. The van der Waals surface area contributed by atoms with E-state index in [1.54, 1.807) is 0 Å². The van der Waals surface area contributed by atoms with Crippen LogP contribution in [0.4, 0.5) is 0 Å². The van der Waals surface area contributed by atoms with Gasteiger partial charge in [0.25, 0.3) is 0 Å². The molecule has 2 unspecified atom stereocenters. The molecule has 20 heavy (non-hydrogen) atoms. The second kappa shape index (κ2) is 6.40. The van der Waals surface area contributed by atoms with Crippen LogP contribution in [0.5, 0.6) is 0 Å². The van der Waals surface area contributed by atoms with E-state index >= 15 is 0 Å². The first-order valence-corrected chi connectivity index (χ1v) is 7.58. The minimum absolute atomic E-state index is 0.304. The van der Waals surface area contributed by atoms with E-state index in [4.69, 9.17) is 0 Å². The van der Waals surface area contributed by atoms with Crippen LogP contribution in [0.3, 0.4) is 0 Å². The highest BCUT2D eigenvalue weighted by Gasteiger charge is 2.22. The third-order valence-electron chi connectivity index (χ3n) is 4.10. The highest BCUT2D eigenvalue weighted by atomic mass is 16.2. The largest absolute Gasteiger partial charge is 0.341 e. The van der Waals surface area contributed by atoms with E-state index in [9.17, 15) is 4.79 Å². The smallest absolute Gasteiger partial charge is 0.222 e. The van der Waals surface area contributed by atoms with E-state index in [-0.39, 0.29) is 0 Å². The van der Waals surface area contributed by atoms with E-state index in [0.29, 0.717) is 18.0 Å². The van der Waals surface area contributed by atoms with Gasteiger partial charge in [0, 0.05) is 31.6 Å². The third-order valence-corrected chi connectivity index (χ3v) is 4.10. The summed E-state index contributed by atoms with van der Waals surface area (Å²) < 4.78 is 0. The van der Waals surface area contributed by atoms with E-state index in [1.807, 2.05) is 4.90 Å². The molecule has 0 saturated carbocycles. The van der Waals surface area contributed by atoms with Crippen molar-refractivity contribution in [3.05, 3.63) is 34.9 Å². The average Bonchev–Trinajstić information content (AvgIpc) is 2.77. The number of benzene rings is 1. The van der Waals surface area contributed by atoms with Crippen molar-refractivity contribution in [1.82, 2.24) is 10.2 Å². The molecule has 2 atom stereocenters. The maximum absolute atomic E-state index is 11.7. The molecule has 0 aromatic heterocycles. The van der Waals surface area contributed by atoms with Gasteiger partial charge in [0.15, 0.2) is 0 Å². The molecule has 0 radical (unpaired) electrons. The van der Waals surface area contributed by atoms with Gasteiger partial charge in [-0.3, -0.25) is 4.79 Å². The number of likely N-dealkylation sites (tertiary alicyclic amines) is 1. The van der Waals surface area contributed by atoms with Gasteiger partial charge in [0.05, 0.1) is 0 Å². The summed E-state index contributed by atoms with van der Waals surface area (Å²) in [5, 5.41) is 3.62. The molecule has 1 aliphatic rings. The first-order chi connectivity index (χ1) is 9.47. The maximum Gasteiger partial charge on any atom is 0.222 e. The fourth-order valence-corrected chi connectivity index (χ4v) is 3.02. The quantitative estimate of drug-likeness (QED) is 0.895. The van der Waals surface area contributed by atoms with Crippen LogP contribution >= 0.6 is 0 Å². The third kappa shape index (κ3) is 3.60. The Balaban J connectivity index is 1.94. The first kappa shape index (κ1) is 15.0. The second-order valence-electron chi connectivity index (χ2n) is 6.09. The van der Waals surface area contributed by atoms with Gasteiger partial charge in [0.1, 0.15) is 0 Å². The molecule has 1 aromatic carbocycles. The molecular weight excluding hydrogens is 248 g/mol. The Morgan fingerprint density at radius 3 is 2.70 bits per heavy atom. The van der Waals surface area contributed by atoms with Crippen LogP contribution in [-0.2, 0) is 4.79 Å². The lowest BCUT2D eigenvalue weighted by molar-refractivity contribution is -0.127. The number of hydrogen-bond acceptors (Lipinski definition) is 2. The van der Waals surface area contributed by atoms with Gasteiger partial charge < -0.3 is 10.2 Å². The number of hydrogen-bond donors (Lipinski definition) is 1. The lowest BCUT2D eigenvalue weighted by Crippen LogP contribution is -2.40. The van der Waals surface area contributed by atoms with E-state index < -0.39 is 0 Å². The summed E-state index contributed by atoms with van der Waals surface area (Å²) in [6.07, 6.45) is 1.73. The minimum Gasteiger partial charge on any atom is -0.341 e. The fraction of sp³-hybridized carbons (Fsp3) is 0.588. The maximum atomic E-state index is 11.7. The standard InChI is InChI=1S/C17H26N2O/c1-12-7-8-13(2)16(10-12)15(4)18-14(3)11-19-9-5-6-17(19)20/h7-8,10,14-15,18H,5-6,9,11H2,1-4H3. The monoisotopic (exact) mass is 274 g/mol. The van der Waals surface area contributed by atoms with Crippen LogP contribution in [0.25, 0.3) is 0 Å². The van der Waals surface area contributed by atoms with Crippen molar-refractivity contribution < 1.29 is 4.79 Å². The number of aryl methyl sites for hydroxylation is 2. The van der Waals surface area contributed by atoms with Gasteiger partial charge >= 0.3 is 0 Å². The zero-order valence-corrected chi connectivity index (χ0v) is 13.1. The van der Waals surface area contributed by atoms with Crippen LogP contribution in [0.15, 0.2) is 18.2 Å². The average molecular weight is 274 g/mol. The molecular formula is C17H26N2O. The van der Waals surface area contributed by atoms with Crippen LogP contribution in [0.1, 0.15) is 49.4 Å². The van der Waals surface area contributed by atoms with Crippen molar-refractivity contribution in [2.75, 3.05) is 13.1 Å². The first-order valence-electron chi connectivity index (χ1n) is 7.58. The number of carbonyl (C=O) groups is 1. The van der Waals surface area contributed by atoms with E-state index in [1.165, 1.54) is 16.7 Å². The normalized spacial score (nSPS) is 18.4. The molecule has 1 aromatic rings. The minimum atomic E-state index is 0.304. The van der Waals surface area contributed by atoms with Crippen molar-refractivity contribution in [1.29, 1.82) is 0 Å². The molecule has 0 bridgehead atoms. The molecule has 2 rings (SSSR count). The molecule has 110 valence electrons. The molecule has 0 aliphatic carbocycles. The zero-order valence-electron chi connectivity index (χ0n) is 13.1. The molecule has 1 amide bonds. The number of nitrogens with one attached hydrogen (secondary N) is 1. The molecule has 0 spiro atoms. The van der Waals surface area contributed by atoms with Crippen molar-refractivity contribution >= 4 is 5.91 Å². The number of carbonyl (C=O) groups excluding carboxylic acids is 1. The molecule has 3 nitrogen and oxygen atoms in total. The van der Waals surface area contributed by atoms with Crippen molar-refractivity contribution in [3.8, 4) is 0 Å². The van der Waals surface area contributed by atoms with Crippen LogP contribution < -0.4 is 5.32 Å². The topological polar surface area (TPSA) is 32.3 Å². The Bertz CT molecular complexity index is 484. The van der Waals surface area contributed by atoms with Crippen LogP contribution in [-0.4, -0.2) is 29.9 Å². The van der Waals surface area contributed by atoms with Crippen molar-refractivity contribution in [2.24, 2.45) is 0 Å². The Morgan fingerprint density at radius 2 is 2.05 bits per heavy atom. The lowest BCUT2D eigenvalue weighted by Gasteiger charge is -2.26. The Kier molecular flexibility index (Phi) is 4.81. The molecule has 1 heterocycles. The molecule has 1 saturated heterocycles. The summed E-state index contributed by atoms with van der Waals surface area (Å²) in [5.74, 6) is 0.304. The van der Waals surface area contributed by atoms with E-state index in [0.717, 1.165) is 25.9 Å². The second-order valence-corrected chi connectivity index (χ2v) is 6.09. The zero-order chi connectivity index (χ0) is 14.7. The van der Waals surface area contributed by atoms with Crippen LogP contribution in [0.2, 0.25) is 0 Å². The van der Waals surface area contributed by atoms with Gasteiger partial charge in [-0.2, -0.15) is 0 Å². The molecule has 1 aliphatic heterocycles. The summed E-state index contributed by atoms with van der Waals surface area (Å²) in [6.45, 7) is 10.4. The Morgan fingerprint density at radius 1 is 1.30 bits per heavy atom. The summed E-state index contributed by atoms with van der Waals surface area (Å²) in [6, 6.07) is 7.20. The molecule has 3 heteroatoms. The number of amides is 1. The summed E-state index contributed by atoms with van der Waals surface area (Å²) in [5.41, 5.74) is 3.96. The molecule has 1 N–H and O–H groups in total. The fourth-order valence-electron chi connectivity index (χ4n) is 3.02. The lowest BCUT2D eigenvalue weighted by atomic mass is 9.99. The van der Waals surface area contributed by atoms with E-state index in [2.05, 4.69) is 51.2 Å². The summed E-state index contributed by atoms with van der Waals surface area (Å²) in [7, 11) is 0. The van der Waals surface area contributed by atoms with Gasteiger partial charge in [-0.05, 0) is 45.2 Å². The van der Waals surface area contributed by atoms with Gasteiger partial charge in [0.2, 0.25) is 5.91 Å². The van der Waals surface area contributed by atoms with Gasteiger partial charge in [-0.15, -0.1) is 0 Å². The highest BCUT2D eigenvalue weighted by molar-refractivity contribution is 5.78. The molecule has 1 fully saturated rings. The Labute approximate surface area is 122 Å². The summed E-state index contributed by atoms with van der Waals surface area (Å²) in [4.78, 5) is 13.6. The Hall–Kier alpha value is -1.35. The van der Waals surface area contributed by atoms with Crippen molar-refractivity contribution in [2.45, 2.75) is 52.6 Å². The van der Waals surface area contributed by atoms with Crippen molar-refractivity contribution in [3.63, 3.8) is 0 Å². The van der Waals surface area contributed by atoms with Crippen LogP contribution in [0, 0.1) is 13.8 Å². The number of rotatable bonds is 5. The predicted octanol–water partition coefficient (Wildman–Crippen LogP) is 2.96. The highest BCUT2D eigenvalue weighted by Crippen LogP contribution is 2.20.